The van der Waals surface area contributed by atoms with Crippen LogP contribution in [0.5, 0.6) is 0 Å². The summed E-state index contributed by atoms with van der Waals surface area (Å²) in [6, 6.07) is 6.68. The number of benzene rings is 1. The molecule has 0 N–H and O–H groups in total. The van der Waals surface area contributed by atoms with Crippen LogP contribution in [0.3, 0.4) is 0 Å². The predicted octanol–water partition coefficient (Wildman–Crippen LogP) is 0.266. The van der Waals surface area contributed by atoms with E-state index >= 15 is 0 Å². The van der Waals surface area contributed by atoms with Crippen molar-refractivity contribution in [1.29, 1.82) is 0 Å². The maximum absolute atomic E-state index is 11.9. The van der Waals surface area contributed by atoms with Gasteiger partial charge in [-0.1, -0.05) is 30.3 Å². The molecule has 0 nitrogen and oxygen atoms in total. The topological polar surface area (TPSA) is 0 Å². The Morgan fingerprint density at radius 2 is 1.75 bits per heavy atom. The Morgan fingerprint density at radius 1 is 1.19 bits per heavy atom. The average molecular weight is 248 g/mol. The predicted molar refractivity (Wildman–Crippen MR) is 57.1 cm³/mol. The van der Waals surface area contributed by atoms with Crippen LogP contribution in [-0.4, -0.2) is 6.98 Å². The third-order valence-electron chi connectivity index (χ3n) is 1.79. The van der Waals surface area contributed by atoms with Gasteiger partial charge in [-0.25, -0.2) is 0 Å². The quantitative estimate of drug-likeness (QED) is 0.532. The summed E-state index contributed by atoms with van der Waals surface area (Å²) in [6.45, 7) is -4.86. The molecule has 0 fully saturated rings. The van der Waals surface area contributed by atoms with Crippen LogP contribution in [0.4, 0.5) is 12.9 Å². The summed E-state index contributed by atoms with van der Waals surface area (Å²) in [5.41, 5.74) is 1.45. The van der Waals surface area contributed by atoms with Crippen molar-refractivity contribution in [3.05, 3.63) is 41.4 Å². The van der Waals surface area contributed by atoms with Gasteiger partial charge in [0.1, 0.15) is 0 Å². The van der Waals surface area contributed by atoms with Crippen LogP contribution >= 0.6 is 0 Å². The summed E-state index contributed by atoms with van der Waals surface area (Å²) < 4.78 is 35.7. The molecule has 0 saturated heterocycles. The zero-order valence-corrected chi connectivity index (χ0v) is 12.1. The van der Waals surface area contributed by atoms with Crippen molar-refractivity contribution < 1.29 is 64.3 Å². The minimum absolute atomic E-state index is 0. The minimum Gasteiger partial charge on any atom is -0.445 e. The number of terminal acetylenes is 1. The second-order valence-corrected chi connectivity index (χ2v) is 3.11. The minimum atomic E-state index is -4.86. The van der Waals surface area contributed by atoms with E-state index in [4.69, 9.17) is 6.42 Å². The number of hydrogen-bond donors (Lipinski definition) is 0. The van der Waals surface area contributed by atoms with Crippen molar-refractivity contribution in [3.8, 4) is 12.3 Å². The van der Waals surface area contributed by atoms with Gasteiger partial charge in [0.25, 0.3) is 0 Å². The van der Waals surface area contributed by atoms with Crippen LogP contribution in [0.15, 0.2) is 30.2 Å². The zero-order chi connectivity index (χ0) is 11.3. The number of rotatable bonds is 3. The van der Waals surface area contributed by atoms with Crippen LogP contribution in [0.25, 0.3) is 6.08 Å². The molecule has 0 atom stereocenters. The van der Waals surface area contributed by atoms with Crippen LogP contribution in [0.1, 0.15) is 11.1 Å². The molecule has 16 heavy (non-hydrogen) atoms. The summed E-state index contributed by atoms with van der Waals surface area (Å²) in [4.78, 5) is 0. The Hall–Kier alpha value is 0.0113. The molecule has 1 aromatic carbocycles. The van der Waals surface area contributed by atoms with E-state index in [9.17, 15) is 12.9 Å². The van der Waals surface area contributed by atoms with Crippen LogP contribution in [0, 0.1) is 12.3 Å². The molecule has 0 aliphatic carbocycles. The van der Waals surface area contributed by atoms with Gasteiger partial charge in [-0.2, -0.15) is 0 Å². The Balaban J connectivity index is 0.00000225. The van der Waals surface area contributed by atoms with E-state index in [2.05, 4.69) is 5.92 Å². The van der Waals surface area contributed by atoms with E-state index < -0.39 is 6.98 Å². The van der Waals surface area contributed by atoms with E-state index in [1.165, 1.54) is 0 Å². The Morgan fingerprint density at radius 3 is 2.19 bits per heavy atom. The first-order valence-corrected chi connectivity index (χ1v) is 4.43. The van der Waals surface area contributed by atoms with E-state index in [1.807, 2.05) is 0 Å². The van der Waals surface area contributed by atoms with Crippen LogP contribution in [-0.2, 0) is 6.42 Å². The molecule has 0 heterocycles. The van der Waals surface area contributed by atoms with Gasteiger partial charge in [-0.3, -0.25) is 0 Å². The summed E-state index contributed by atoms with van der Waals surface area (Å²) in [5.74, 6) is 2.74. The Bertz CT molecular complexity index is 387. The van der Waals surface area contributed by atoms with Crippen LogP contribution in [0.2, 0.25) is 0 Å². The van der Waals surface area contributed by atoms with Gasteiger partial charge >= 0.3 is 58.4 Å². The van der Waals surface area contributed by atoms with Gasteiger partial charge in [0, 0.05) is 6.42 Å². The Kier molecular flexibility index (Phi) is 7.36. The second kappa shape index (κ2) is 7.36. The van der Waals surface area contributed by atoms with Crippen molar-refractivity contribution in [3.63, 3.8) is 0 Å². The van der Waals surface area contributed by atoms with Gasteiger partial charge in [0.05, 0.1) is 0 Å². The molecule has 0 aliphatic rings. The van der Waals surface area contributed by atoms with Gasteiger partial charge in [-0.05, 0) is 11.1 Å². The number of halogens is 3. The van der Waals surface area contributed by atoms with E-state index in [1.54, 1.807) is 24.3 Å². The third-order valence-corrected chi connectivity index (χ3v) is 1.79. The van der Waals surface area contributed by atoms with Crippen molar-refractivity contribution in [1.82, 2.24) is 0 Å². The smallest absolute Gasteiger partial charge is 0.445 e. The molecule has 1 aromatic rings. The summed E-state index contributed by atoms with van der Waals surface area (Å²) >= 11 is 0. The first-order valence-electron chi connectivity index (χ1n) is 4.43. The largest absolute Gasteiger partial charge is 1.00 e. The van der Waals surface area contributed by atoms with Gasteiger partial charge in [0.2, 0.25) is 0 Å². The van der Waals surface area contributed by atoms with Crippen molar-refractivity contribution in [2.75, 3.05) is 0 Å². The first-order chi connectivity index (χ1) is 7.01. The second-order valence-electron chi connectivity index (χ2n) is 3.11. The van der Waals surface area contributed by atoms with Crippen molar-refractivity contribution in [2.45, 2.75) is 6.42 Å². The molecule has 0 bridgehead atoms. The standard InChI is InChI=1S/C11H9BF3.K/c1-2-3-10-4-6-11(7-5-10)8-9-12(13,14)15;/h1,4-9H,3H2;/q-1;+1/b9-8+;. The normalized spacial score (nSPS) is 10.9. The van der Waals surface area contributed by atoms with E-state index in [0.29, 0.717) is 12.0 Å². The SMILES string of the molecule is C#CCc1ccc(/C=C/[B-](F)(F)F)cc1.[K+]. The summed E-state index contributed by atoms with van der Waals surface area (Å²) in [6.07, 6.45) is 6.65. The van der Waals surface area contributed by atoms with Gasteiger partial charge in [0.15, 0.2) is 0 Å². The fourth-order valence-electron chi connectivity index (χ4n) is 1.08. The molecule has 5 heteroatoms. The summed E-state index contributed by atoms with van der Waals surface area (Å²) in [7, 11) is 0. The summed E-state index contributed by atoms with van der Waals surface area (Å²) in [5, 5.41) is 0. The fourth-order valence-corrected chi connectivity index (χ4v) is 1.08. The first kappa shape index (κ1) is 16.0. The molecular weight excluding hydrogens is 239 g/mol. The molecule has 0 amide bonds. The zero-order valence-electron chi connectivity index (χ0n) is 8.96. The molecule has 0 radical (unpaired) electrons. The molecule has 0 spiro atoms. The third kappa shape index (κ3) is 6.56. The molecular formula is C11H9BF3K. The maximum Gasteiger partial charge on any atom is 1.00 e. The maximum atomic E-state index is 11.9. The number of hydrogen-bond acceptors (Lipinski definition) is 0. The van der Waals surface area contributed by atoms with E-state index in [-0.39, 0.29) is 57.4 Å². The molecule has 0 aromatic heterocycles. The average Bonchev–Trinajstić information content (AvgIpc) is 2.16. The van der Waals surface area contributed by atoms with Gasteiger partial charge in [-0.15, -0.1) is 18.3 Å². The Labute approximate surface area is 136 Å². The fraction of sp³-hybridized carbons (Fsp3) is 0.0909. The van der Waals surface area contributed by atoms with Crippen molar-refractivity contribution in [2.24, 2.45) is 0 Å². The molecule has 0 saturated carbocycles. The van der Waals surface area contributed by atoms with E-state index in [0.717, 1.165) is 11.6 Å². The molecule has 0 aliphatic heterocycles. The molecule has 1 rings (SSSR count). The monoisotopic (exact) mass is 248 g/mol. The van der Waals surface area contributed by atoms with Crippen molar-refractivity contribution >= 4 is 13.1 Å². The van der Waals surface area contributed by atoms with Gasteiger partial charge < -0.3 is 12.9 Å². The molecule has 78 valence electrons. The van der Waals surface area contributed by atoms with Crippen LogP contribution < -0.4 is 51.4 Å². The molecule has 0 unspecified atom stereocenters.